The van der Waals surface area contributed by atoms with E-state index in [0.717, 1.165) is 5.56 Å². The van der Waals surface area contributed by atoms with Crippen LogP contribution in [0.25, 0.3) is 0 Å². The predicted octanol–water partition coefficient (Wildman–Crippen LogP) is 5.14. The van der Waals surface area contributed by atoms with Gasteiger partial charge in [-0.15, -0.1) is 0 Å². The SMILES string of the molecule is Cc1ccc(S(=O)(=O)Oc2ccc([C@H]3C4=C(CCCC4=O)O[C@@H]3C(=O)c3ccccc3)cc2)cc1. The fraction of sp³-hybridized carbons (Fsp3) is 0.214. The van der Waals surface area contributed by atoms with Gasteiger partial charge in [-0.2, -0.15) is 8.42 Å². The zero-order valence-corrected chi connectivity index (χ0v) is 20.0. The van der Waals surface area contributed by atoms with Crippen LogP contribution >= 0.6 is 0 Å². The van der Waals surface area contributed by atoms with Gasteiger partial charge in [-0.25, -0.2) is 0 Å². The second kappa shape index (κ2) is 9.15. The van der Waals surface area contributed by atoms with Gasteiger partial charge in [-0.05, 0) is 43.2 Å². The highest BCUT2D eigenvalue weighted by molar-refractivity contribution is 7.87. The maximum atomic E-state index is 13.3. The summed E-state index contributed by atoms with van der Waals surface area (Å²) in [5, 5.41) is 0. The smallest absolute Gasteiger partial charge is 0.339 e. The second-order valence-corrected chi connectivity index (χ2v) is 10.3. The summed E-state index contributed by atoms with van der Waals surface area (Å²) in [6.45, 7) is 1.87. The van der Waals surface area contributed by atoms with E-state index in [9.17, 15) is 18.0 Å². The number of ether oxygens (including phenoxy) is 1. The van der Waals surface area contributed by atoms with Gasteiger partial charge in [0.25, 0.3) is 0 Å². The summed E-state index contributed by atoms with van der Waals surface area (Å²) < 4.78 is 36.7. The zero-order chi connectivity index (χ0) is 24.6. The van der Waals surface area contributed by atoms with Crippen LogP contribution in [0.2, 0.25) is 0 Å². The normalized spacial score (nSPS) is 19.7. The highest BCUT2D eigenvalue weighted by atomic mass is 32.2. The van der Waals surface area contributed by atoms with Crippen LogP contribution in [-0.4, -0.2) is 26.1 Å². The Morgan fingerprint density at radius 1 is 0.914 bits per heavy atom. The average Bonchev–Trinajstić information content (AvgIpc) is 3.25. The molecule has 0 N–H and O–H groups in total. The van der Waals surface area contributed by atoms with Crippen LogP contribution < -0.4 is 4.18 Å². The van der Waals surface area contributed by atoms with Gasteiger partial charge in [0.15, 0.2) is 11.9 Å². The molecular formula is C28H24O6S. The maximum Gasteiger partial charge on any atom is 0.339 e. The lowest BCUT2D eigenvalue weighted by Gasteiger charge is -2.21. The van der Waals surface area contributed by atoms with Gasteiger partial charge in [0.05, 0.1) is 5.92 Å². The second-order valence-electron chi connectivity index (χ2n) is 8.78. The van der Waals surface area contributed by atoms with E-state index in [0.29, 0.717) is 41.7 Å². The van der Waals surface area contributed by atoms with Crippen LogP contribution in [0.5, 0.6) is 5.75 Å². The molecule has 0 amide bonds. The Bertz CT molecular complexity index is 1400. The number of carbonyl (C=O) groups is 2. The van der Waals surface area contributed by atoms with Crippen LogP contribution in [0.3, 0.4) is 0 Å². The summed E-state index contributed by atoms with van der Waals surface area (Å²) in [5.74, 6) is -0.0404. The number of hydrogen-bond donors (Lipinski definition) is 0. The van der Waals surface area contributed by atoms with Crippen LogP contribution in [0.1, 0.15) is 46.7 Å². The molecule has 2 aliphatic rings. The van der Waals surface area contributed by atoms with Crippen LogP contribution in [0, 0.1) is 6.92 Å². The molecule has 1 aliphatic heterocycles. The molecule has 6 nitrogen and oxygen atoms in total. The molecule has 1 heterocycles. The van der Waals surface area contributed by atoms with Gasteiger partial charge in [0.1, 0.15) is 16.4 Å². The standard InChI is InChI=1S/C28H24O6S/c1-18-10-16-22(17-11-18)35(31,32)34-21-14-12-19(13-15-21)25-26-23(29)8-5-9-24(26)33-28(25)27(30)20-6-3-2-4-7-20/h2-4,6-7,10-17,25,28H,5,8-9H2,1H3/t25-,28-/m0/s1. The topological polar surface area (TPSA) is 86.7 Å². The third-order valence-electron chi connectivity index (χ3n) is 6.36. The number of carbonyl (C=O) groups excluding carboxylic acids is 2. The highest BCUT2D eigenvalue weighted by Crippen LogP contribution is 2.45. The minimum absolute atomic E-state index is 0.0121. The van der Waals surface area contributed by atoms with Crippen molar-refractivity contribution in [2.45, 2.75) is 43.1 Å². The number of rotatable bonds is 6. The minimum Gasteiger partial charge on any atom is -0.485 e. The fourth-order valence-electron chi connectivity index (χ4n) is 4.60. The van der Waals surface area contributed by atoms with Gasteiger partial charge in [-0.3, -0.25) is 9.59 Å². The largest absolute Gasteiger partial charge is 0.485 e. The number of benzene rings is 3. The molecule has 178 valence electrons. The summed E-state index contributed by atoms with van der Waals surface area (Å²) in [4.78, 5) is 26.3. The average molecular weight is 489 g/mol. The van der Waals surface area contributed by atoms with Gasteiger partial charge in [0, 0.05) is 24.0 Å². The van der Waals surface area contributed by atoms with E-state index in [-0.39, 0.29) is 22.2 Å². The Morgan fingerprint density at radius 2 is 1.60 bits per heavy atom. The molecular weight excluding hydrogens is 464 g/mol. The van der Waals surface area contributed by atoms with Crippen molar-refractivity contribution in [3.8, 4) is 5.75 Å². The van der Waals surface area contributed by atoms with E-state index in [1.807, 2.05) is 13.0 Å². The lowest BCUT2D eigenvalue weighted by atomic mass is 9.80. The van der Waals surface area contributed by atoms with E-state index in [4.69, 9.17) is 8.92 Å². The van der Waals surface area contributed by atoms with E-state index in [1.54, 1.807) is 48.5 Å². The molecule has 2 atom stereocenters. The van der Waals surface area contributed by atoms with Crippen molar-refractivity contribution in [1.82, 2.24) is 0 Å². The number of hydrogen-bond acceptors (Lipinski definition) is 6. The summed E-state index contributed by atoms with van der Waals surface area (Å²) in [6.07, 6.45) is 0.875. The molecule has 0 bridgehead atoms. The molecule has 0 radical (unpaired) electrons. The van der Waals surface area contributed by atoms with Crippen molar-refractivity contribution >= 4 is 21.7 Å². The van der Waals surface area contributed by atoms with Gasteiger partial charge in [0.2, 0.25) is 5.78 Å². The fourth-order valence-corrected chi connectivity index (χ4v) is 5.53. The van der Waals surface area contributed by atoms with Crippen molar-refractivity contribution < 1.29 is 26.9 Å². The van der Waals surface area contributed by atoms with E-state index in [2.05, 4.69) is 0 Å². The molecule has 0 unspecified atom stereocenters. The number of aryl methyl sites for hydroxylation is 1. The third-order valence-corrected chi connectivity index (χ3v) is 7.62. The first-order valence-corrected chi connectivity index (χ1v) is 12.9. The number of Topliss-reactive ketones (excluding diaryl/α,β-unsaturated/α-hetero) is 2. The number of ketones is 2. The molecule has 35 heavy (non-hydrogen) atoms. The Kier molecular flexibility index (Phi) is 6.03. The van der Waals surface area contributed by atoms with Crippen LogP contribution in [0.4, 0.5) is 0 Å². The Morgan fingerprint density at radius 3 is 2.29 bits per heavy atom. The molecule has 1 aliphatic carbocycles. The van der Waals surface area contributed by atoms with Crippen molar-refractivity contribution in [3.63, 3.8) is 0 Å². The van der Waals surface area contributed by atoms with Gasteiger partial charge in [-0.1, -0.05) is 60.2 Å². The molecule has 0 spiro atoms. The van der Waals surface area contributed by atoms with Crippen LogP contribution in [-0.2, 0) is 19.6 Å². The van der Waals surface area contributed by atoms with Crippen molar-refractivity contribution in [2.75, 3.05) is 0 Å². The Hall–Kier alpha value is -3.71. The van der Waals surface area contributed by atoms with Crippen molar-refractivity contribution in [3.05, 3.63) is 107 Å². The monoisotopic (exact) mass is 488 g/mol. The van der Waals surface area contributed by atoms with E-state index < -0.39 is 22.1 Å². The highest BCUT2D eigenvalue weighted by Gasteiger charge is 2.45. The van der Waals surface area contributed by atoms with Crippen LogP contribution in [0.15, 0.2) is 95.1 Å². The molecule has 5 rings (SSSR count). The summed E-state index contributed by atoms with van der Waals surface area (Å²) >= 11 is 0. The van der Waals surface area contributed by atoms with E-state index in [1.165, 1.54) is 24.3 Å². The lowest BCUT2D eigenvalue weighted by molar-refractivity contribution is -0.116. The Labute approximate surface area is 204 Å². The first kappa shape index (κ1) is 23.1. The molecule has 0 aromatic heterocycles. The quantitative estimate of drug-likeness (QED) is 0.353. The summed E-state index contributed by atoms with van der Waals surface area (Å²) in [5.41, 5.74) is 2.70. The zero-order valence-electron chi connectivity index (χ0n) is 19.1. The third kappa shape index (κ3) is 4.51. The lowest BCUT2D eigenvalue weighted by Crippen LogP contribution is -2.28. The predicted molar refractivity (Wildman–Crippen MR) is 130 cm³/mol. The molecule has 0 saturated carbocycles. The van der Waals surface area contributed by atoms with Gasteiger partial charge >= 0.3 is 10.1 Å². The van der Waals surface area contributed by atoms with Crippen molar-refractivity contribution in [2.24, 2.45) is 0 Å². The summed E-state index contributed by atoms with van der Waals surface area (Å²) in [6, 6.07) is 21.7. The molecule has 3 aromatic rings. The first-order valence-electron chi connectivity index (χ1n) is 11.5. The van der Waals surface area contributed by atoms with E-state index >= 15 is 0 Å². The molecule has 0 fully saturated rings. The van der Waals surface area contributed by atoms with Crippen molar-refractivity contribution in [1.29, 1.82) is 0 Å². The molecule has 3 aromatic carbocycles. The van der Waals surface area contributed by atoms with Gasteiger partial charge < -0.3 is 8.92 Å². The molecule has 0 saturated heterocycles. The summed E-state index contributed by atoms with van der Waals surface area (Å²) in [7, 11) is -3.99. The molecule has 7 heteroatoms. The Balaban J connectivity index is 1.45. The minimum atomic E-state index is -3.99. The maximum absolute atomic E-state index is 13.3. The first-order chi connectivity index (χ1) is 16.8. The number of allylic oxidation sites excluding steroid dienone is 1.